The van der Waals surface area contributed by atoms with Crippen LogP contribution in [-0.2, 0) is 20.7 Å². The zero-order valence-corrected chi connectivity index (χ0v) is 18.8. The van der Waals surface area contributed by atoms with Crippen molar-refractivity contribution in [1.29, 1.82) is 0 Å². The molecule has 3 aliphatic heterocycles. The van der Waals surface area contributed by atoms with E-state index in [-0.39, 0.29) is 12.5 Å². The molecule has 2 saturated heterocycles. The molecular formula is C20H22N6O5S. The number of carbonyl (C=O) groups excluding carboxylic acids is 3. The van der Waals surface area contributed by atoms with Gasteiger partial charge >= 0.3 is 6.03 Å². The number of morpholine rings is 1. The van der Waals surface area contributed by atoms with Crippen molar-refractivity contribution in [3.05, 3.63) is 16.6 Å². The van der Waals surface area contributed by atoms with Crippen molar-refractivity contribution in [1.82, 2.24) is 25.8 Å². The van der Waals surface area contributed by atoms with Crippen molar-refractivity contribution < 1.29 is 23.9 Å². The third-order valence-electron chi connectivity index (χ3n) is 6.19. The van der Waals surface area contributed by atoms with E-state index in [1.807, 2.05) is 31.7 Å². The molecule has 12 heteroatoms. The first-order valence-electron chi connectivity index (χ1n) is 10.2. The molecule has 32 heavy (non-hydrogen) atoms. The highest BCUT2D eigenvalue weighted by molar-refractivity contribution is 7.14. The molecule has 168 valence electrons. The van der Waals surface area contributed by atoms with E-state index in [4.69, 9.17) is 14.5 Å². The van der Waals surface area contributed by atoms with E-state index in [1.54, 1.807) is 0 Å². The number of pyridine rings is 1. The van der Waals surface area contributed by atoms with E-state index in [2.05, 4.69) is 20.8 Å². The van der Waals surface area contributed by atoms with Crippen molar-refractivity contribution in [3.8, 4) is 16.5 Å². The number of aromatic nitrogens is 3. The number of methoxy groups -OCH3 is 1. The molecule has 11 nitrogen and oxygen atoms in total. The number of hydrogen-bond donors (Lipinski definition) is 2. The fourth-order valence-corrected chi connectivity index (χ4v) is 5.73. The van der Waals surface area contributed by atoms with Crippen LogP contribution in [0.15, 0.2) is 6.07 Å². The number of amides is 4. The second-order valence-corrected chi connectivity index (χ2v) is 9.47. The molecule has 2 aromatic rings. The lowest BCUT2D eigenvalue weighted by Gasteiger charge is -2.54. The molecule has 1 spiro atoms. The van der Waals surface area contributed by atoms with Crippen LogP contribution in [0.25, 0.3) is 10.6 Å². The minimum atomic E-state index is -1.55. The molecule has 0 saturated carbocycles. The smallest absolute Gasteiger partial charge is 0.328 e. The standard InChI is InChI=1S/C20H22N6O5S/c1-8-7-26-13(9(2)31-8)20(17(27)22-19(29)23-18(20)28)6-11-5-12(15(30-4)21-14(11)26)16-25-24-10(3)32-16/h5,8-9,13H,6-7H2,1-4H3,(H2,22,23,27,28,29)/t8-,9+,13-/m1/s1. The topological polar surface area (TPSA) is 136 Å². The Kier molecular flexibility index (Phi) is 4.67. The normalized spacial score (nSPS) is 26.3. The van der Waals surface area contributed by atoms with Gasteiger partial charge in [-0.25, -0.2) is 4.79 Å². The Labute approximate surface area is 187 Å². The van der Waals surface area contributed by atoms with Gasteiger partial charge in [-0.1, -0.05) is 11.3 Å². The van der Waals surface area contributed by atoms with Gasteiger partial charge in [-0.15, -0.1) is 10.2 Å². The van der Waals surface area contributed by atoms with Gasteiger partial charge in [0.15, 0.2) is 10.4 Å². The van der Waals surface area contributed by atoms with Gasteiger partial charge in [0.2, 0.25) is 17.7 Å². The van der Waals surface area contributed by atoms with Crippen LogP contribution in [0.3, 0.4) is 0 Å². The summed E-state index contributed by atoms with van der Waals surface area (Å²) in [5, 5.41) is 14.3. The highest BCUT2D eigenvalue weighted by atomic mass is 32.1. The van der Waals surface area contributed by atoms with Gasteiger partial charge in [0.25, 0.3) is 0 Å². The van der Waals surface area contributed by atoms with Crippen molar-refractivity contribution in [2.24, 2.45) is 5.41 Å². The quantitative estimate of drug-likeness (QED) is 0.627. The van der Waals surface area contributed by atoms with Crippen molar-refractivity contribution in [3.63, 3.8) is 0 Å². The predicted octanol–water partition coefficient (Wildman–Crippen LogP) is 0.808. The lowest BCUT2D eigenvalue weighted by molar-refractivity contribution is -0.153. The van der Waals surface area contributed by atoms with E-state index < -0.39 is 35.4 Å². The molecule has 0 bridgehead atoms. The minimum absolute atomic E-state index is 0.0539. The van der Waals surface area contributed by atoms with Gasteiger partial charge in [0.1, 0.15) is 10.8 Å². The number of urea groups is 1. The summed E-state index contributed by atoms with van der Waals surface area (Å²) >= 11 is 1.39. The summed E-state index contributed by atoms with van der Waals surface area (Å²) in [6, 6.07) is 0.380. The van der Waals surface area contributed by atoms with Crippen LogP contribution in [-0.4, -0.2) is 64.9 Å². The number of ether oxygens (including phenoxy) is 2. The number of nitrogens with zero attached hydrogens (tertiary/aromatic N) is 4. The SMILES string of the molecule is COc1nc2c(cc1-c1nnc(C)s1)CC1(C(=O)NC(=O)NC1=O)[C@H]1[C@H](C)O[C@H](C)CN21. The number of aryl methyl sites for hydroxylation is 1. The van der Waals surface area contributed by atoms with Crippen LogP contribution in [0, 0.1) is 12.3 Å². The molecule has 3 aliphatic rings. The maximum atomic E-state index is 13.2. The number of anilines is 1. The first-order chi connectivity index (χ1) is 15.2. The highest BCUT2D eigenvalue weighted by Crippen LogP contribution is 2.48. The van der Waals surface area contributed by atoms with E-state index in [0.717, 1.165) is 5.01 Å². The average molecular weight is 459 g/mol. The van der Waals surface area contributed by atoms with Gasteiger partial charge in [-0.05, 0) is 32.4 Å². The van der Waals surface area contributed by atoms with Crippen molar-refractivity contribution in [2.75, 3.05) is 18.6 Å². The van der Waals surface area contributed by atoms with Crippen LogP contribution in [0.2, 0.25) is 0 Å². The summed E-state index contributed by atoms with van der Waals surface area (Å²) < 4.78 is 11.6. The Morgan fingerprint density at radius 1 is 1.22 bits per heavy atom. The van der Waals surface area contributed by atoms with E-state index >= 15 is 0 Å². The fraction of sp³-hybridized carbons (Fsp3) is 0.500. The average Bonchev–Trinajstić information content (AvgIpc) is 3.16. The predicted molar refractivity (Wildman–Crippen MR) is 113 cm³/mol. The number of carbonyl (C=O) groups is 3. The minimum Gasteiger partial charge on any atom is -0.480 e. The first kappa shape index (κ1) is 20.8. The number of nitrogens with one attached hydrogen (secondary N) is 2. The van der Waals surface area contributed by atoms with Crippen molar-refractivity contribution >= 4 is 35.0 Å². The van der Waals surface area contributed by atoms with Crippen LogP contribution in [0.5, 0.6) is 5.88 Å². The summed E-state index contributed by atoms with van der Waals surface area (Å²) in [4.78, 5) is 45.0. The fourth-order valence-electron chi connectivity index (χ4n) is 5.03. The number of rotatable bonds is 2. The van der Waals surface area contributed by atoms with Crippen LogP contribution < -0.4 is 20.3 Å². The molecule has 0 radical (unpaired) electrons. The second-order valence-electron chi connectivity index (χ2n) is 8.29. The molecule has 2 aromatic heterocycles. The highest BCUT2D eigenvalue weighted by Gasteiger charge is 2.63. The lowest BCUT2D eigenvalue weighted by Crippen LogP contribution is -2.75. The Morgan fingerprint density at radius 2 is 1.94 bits per heavy atom. The monoisotopic (exact) mass is 458 g/mol. The van der Waals surface area contributed by atoms with E-state index in [1.165, 1.54) is 18.4 Å². The van der Waals surface area contributed by atoms with Crippen LogP contribution in [0.4, 0.5) is 10.6 Å². The van der Waals surface area contributed by atoms with Crippen molar-refractivity contribution in [2.45, 2.75) is 45.4 Å². The second kappa shape index (κ2) is 7.20. The summed E-state index contributed by atoms with van der Waals surface area (Å²) in [5.41, 5.74) is -0.233. The molecule has 0 unspecified atom stereocenters. The summed E-state index contributed by atoms with van der Waals surface area (Å²) in [7, 11) is 1.53. The van der Waals surface area contributed by atoms with E-state index in [9.17, 15) is 14.4 Å². The van der Waals surface area contributed by atoms with Crippen LogP contribution >= 0.6 is 11.3 Å². The Hall–Kier alpha value is -3.12. The summed E-state index contributed by atoms with van der Waals surface area (Å²) in [6.07, 6.45) is -0.563. The number of imide groups is 2. The molecule has 2 fully saturated rings. The number of fused-ring (bicyclic) bond motifs is 4. The van der Waals surface area contributed by atoms with Gasteiger partial charge in [0.05, 0.1) is 30.9 Å². The molecule has 2 N–H and O–H groups in total. The largest absolute Gasteiger partial charge is 0.480 e. The first-order valence-corrected chi connectivity index (χ1v) is 11.0. The molecule has 0 aromatic carbocycles. The zero-order valence-electron chi connectivity index (χ0n) is 18.0. The molecule has 5 rings (SSSR count). The Morgan fingerprint density at radius 3 is 2.56 bits per heavy atom. The molecule has 5 heterocycles. The van der Waals surface area contributed by atoms with Gasteiger partial charge in [-0.2, -0.15) is 4.98 Å². The summed E-state index contributed by atoms with van der Waals surface area (Å²) in [6.45, 7) is 6.02. The lowest BCUT2D eigenvalue weighted by atomic mass is 9.67. The van der Waals surface area contributed by atoms with Gasteiger partial charge < -0.3 is 14.4 Å². The van der Waals surface area contributed by atoms with Gasteiger partial charge in [-0.3, -0.25) is 20.2 Å². The third kappa shape index (κ3) is 2.89. The Bertz CT molecular complexity index is 1130. The summed E-state index contributed by atoms with van der Waals surface area (Å²) in [5.74, 6) is -0.266. The van der Waals surface area contributed by atoms with Gasteiger partial charge in [0, 0.05) is 13.0 Å². The number of barbiturate groups is 1. The molecule has 0 aliphatic carbocycles. The van der Waals surface area contributed by atoms with E-state index in [0.29, 0.717) is 34.4 Å². The third-order valence-corrected chi connectivity index (χ3v) is 7.06. The maximum Gasteiger partial charge on any atom is 0.328 e. The number of hydrogen-bond acceptors (Lipinski definition) is 10. The van der Waals surface area contributed by atoms with Crippen LogP contribution in [0.1, 0.15) is 24.4 Å². The maximum absolute atomic E-state index is 13.2. The molecule has 3 atom stereocenters. The zero-order chi connectivity index (χ0) is 22.8. The molecular weight excluding hydrogens is 436 g/mol. The molecule has 4 amide bonds. The Balaban J connectivity index is 1.72.